The number of aryl methyl sites for hydroxylation is 1. The van der Waals surface area contributed by atoms with Crippen LogP contribution in [0.3, 0.4) is 0 Å². The molecule has 1 N–H and O–H groups in total. The van der Waals surface area contributed by atoms with Gasteiger partial charge in [0.2, 0.25) is 5.91 Å². The van der Waals surface area contributed by atoms with Crippen LogP contribution in [0.25, 0.3) is 0 Å². The molecule has 0 unspecified atom stereocenters. The molecule has 26 heavy (non-hydrogen) atoms. The number of amides is 1. The second-order valence-electron chi connectivity index (χ2n) is 8.64. The topological polar surface area (TPSA) is 47.6 Å². The largest absolute Gasteiger partial charge is 0.434 e. The van der Waals surface area contributed by atoms with Gasteiger partial charge in [-0.25, -0.2) is 0 Å². The predicted octanol–water partition coefficient (Wildman–Crippen LogP) is 4.61. The summed E-state index contributed by atoms with van der Waals surface area (Å²) in [6.07, 6.45) is 3.26. The fourth-order valence-corrected chi connectivity index (χ4v) is 14.1. The molecule has 0 aromatic heterocycles. The van der Waals surface area contributed by atoms with Gasteiger partial charge < -0.3 is 13.5 Å². The lowest BCUT2D eigenvalue weighted by molar-refractivity contribution is -0.120. The lowest BCUT2D eigenvalue weighted by atomic mass is 10.1. The first-order valence-corrected chi connectivity index (χ1v) is 18.5. The van der Waals surface area contributed by atoms with E-state index in [0.717, 1.165) is 6.42 Å². The number of rotatable bonds is 10. The van der Waals surface area contributed by atoms with E-state index in [1.807, 2.05) is 36.4 Å². The van der Waals surface area contributed by atoms with Crippen molar-refractivity contribution in [1.29, 1.82) is 0 Å². The summed E-state index contributed by atoms with van der Waals surface area (Å²) in [5, 5.41) is 2.96. The van der Waals surface area contributed by atoms with E-state index >= 15 is 0 Å². The third-order valence-corrected chi connectivity index (χ3v) is 12.3. The first kappa shape index (κ1) is 23.0. The fraction of sp³-hybridized carbons (Fsp3) is 0.526. The first-order chi connectivity index (χ1) is 11.9. The minimum atomic E-state index is -2.37. The monoisotopic (exact) mass is 409 g/mol. The molecule has 0 aliphatic heterocycles. The highest BCUT2D eigenvalue weighted by molar-refractivity contribution is 6.89. The van der Waals surface area contributed by atoms with E-state index in [1.165, 1.54) is 5.56 Å². The molecule has 0 fully saturated rings. The number of carbonyl (C=O) groups is 1. The van der Waals surface area contributed by atoms with Crippen molar-refractivity contribution in [3.63, 3.8) is 0 Å². The van der Waals surface area contributed by atoms with E-state index in [4.69, 9.17) is 8.23 Å². The molecular weight excluding hydrogens is 374 g/mol. The van der Waals surface area contributed by atoms with E-state index in [0.29, 0.717) is 13.0 Å². The molecule has 1 amide bonds. The molecule has 0 heterocycles. The average Bonchev–Trinajstić information content (AvgIpc) is 2.47. The van der Waals surface area contributed by atoms with Crippen LogP contribution < -0.4 is 5.32 Å². The van der Waals surface area contributed by atoms with Gasteiger partial charge in [0, 0.05) is 13.0 Å². The molecule has 0 aliphatic carbocycles. The summed E-state index contributed by atoms with van der Waals surface area (Å²) in [7, 11) is -5.78. The van der Waals surface area contributed by atoms with Crippen LogP contribution in [-0.4, -0.2) is 37.6 Å². The van der Waals surface area contributed by atoms with Gasteiger partial charge >= 0.3 is 8.56 Å². The van der Waals surface area contributed by atoms with E-state index < -0.39 is 25.2 Å². The maximum atomic E-state index is 12.0. The maximum Gasteiger partial charge on any atom is 0.341 e. The minimum absolute atomic E-state index is 0.0686. The van der Waals surface area contributed by atoms with Crippen LogP contribution in [0.4, 0.5) is 0 Å². The highest BCUT2D eigenvalue weighted by atomic mass is 28.5. The Morgan fingerprint density at radius 1 is 0.962 bits per heavy atom. The van der Waals surface area contributed by atoms with Gasteiger partial charge in [0.1, 0.15) is 0 Å². The molecule has 0 saturated heterocycles. The summed E-state index contributed by atoms with van der Waals surface area (Å²) in [6.45, 7) is 15.7. The van der Waals surface area contributed by atoms with Gasteiger partial charge in [0.05, 0.1) is 0 Å². The Kier molecular flexibility index (Phi) is 8.68. The zero-order valence-corrected chi connectivity index (χ0v) is 20.4. The van der Waals surface area contributed by atoms with E-state index in [9.17, 15) is 4.79 Å². The maximum absolute atomic E-state index is 12.0. The molecule has 1 aromatic rings. The molecule has 0 atom stereocenters. The molecule has 0 spiro atoms. The Morgan fingerprint density at radius 3 is 2.00 bits per heavy atom. The Morgan fingerprint density at radius 2 is 1.50 bits per heavy atom. The Hall–Kier alpha value is -0.999. The number of hydrogen-bond acceptors (Lipinski definition) is 3. The second kappa shape index (κ2) is 9.80. The third kappa shape index (κ3) is 10.9. The van der Waals surface area contributed by atoms with Crippen LogP contribution in [0.15, 0.2) is 42.1 Å². The summed E-state index contributed by atoms with van der Waals surface area (Å²) in [6, 6.07) is 10.1. The number of hydrogen-bond donors (Lipinski definition) is 1. The Bertz CT molecular complexity index is 576. The SMILES string of the molecule is C[Si](C)(C)O[Si](C)(C=CCNC(=O)CCc1ccccc1)O[Si](C)(C)C. The van der Waals surface area contributed by atoms with Crippen LogP contribution in [0.1, 0.15) is 12.0 Å². The average molecular weight is 410 g/mol. The van der Waals surface area contributed by atoms with Crippen molar-refractivity contribution < 1.29 is 13.0 Å². The number of carbonyl (C=O) groups excluding carboxylic acids is 1. The van der Waals surface area contributed by atoms with Crippen LogP contribution in [0, 0.1) is 0 Å². The summed E-state index contributed by atoms with van der Waals surface area (Å²) in [5.74, 6) is 0.0686. The smallest absolute Gasteiger partial charge is 0.341 e. The third-order valence-electron chi connectivity index (χ3n) is 3.34. The molecule has 0 radical (unpaired) electrons. The highest BCUT2D eigenvalue weighted by Crippen LogP contribution is 2.21. The van der Waals surface area contributed by atoms with Gasteiger partial charge in [-0.1, -0.05) is 36.4 Å². The second-order valence-corrected chi connectivity index (χ2v) is 21.1. The van der Waals surface area contributed by atoms with Gasteiger partial charge in [-0.3, -0.25) is 4.79 Å². The molecule has 7 heteroatoms. The summed E-state index contributed by atoms with van der Waals surface area (Å²) in [5.41, 5.74) is 3.27. The lowest BCUT2D eigenvalue weighted by Gasteiger charge is -2.36. The zero-order valence-electron chi connectivity index (χ0n) is 17.4. The van der Waals surface area contributed by atoms with Gasteiger partial charge in [-0.2, -0.15) is 0 Å². The zero-order chi connectivity index (χ0) is 19.8. The van der Waals surface area contributed by atoms with E-state index in [-0.39, 0.29) is 5.91 Å². The van der Waals surface area contributed by atoms with Gasteiger partial charge in [-0.15, -0.1) is 0 Å². The fourth-order valence-electron chi connectivity index (χ4n) is 2.74. The first-order valence-electron chi connectivity index (χ1n) is 9.27. The van der Waals surface area contributed by atoms with Crippen LogP contribution >= 0.6 is 0 Å². The lowest BCUT2D eigenvalue weighted by Crippen LogP contribution is -2.51. The van der Waals surface area contributed by atoms with Gasteiger partial charge in [0.25, 0.3) is 0 Å². The van der Waals surface area contributed by atoms with Crippen molar-refractivity contribution in [2.75, 3.05) is 6.54 Å². The normalized spacial score (nSPS) is 13.2. The summed E-state index contributed by atoms with van der Waals surface area (Å²) in [4.78, 5) is 12.0. The predicted molar refractivity (Wildman–Crippen MR) is 117 cm³/mol. The molecule has 1 aromatic carbocycles. The Balaban J connectivity index is 2.52. The molecule has 146 valence electrons. The van der Waals surface area contributed by atoms with Gasteiger partial charge in [-0.05, 0) is 63.5 Å². The van der Waals surface area contributed by atoms with Crippen molar-refractivity contribution >= 4 is 31.1 Å². The highest BCUT2D eigenvalue weighted by Gasteiger charge is 2.38. The van der Waals surface area contributed by atoms with Gasteiger partial charge in [0.15, 0.2) is 16.6 Å². The molecule has 1 rings (SSSR count). The molecule has 0 saturated carbocycles. The van der Waals surface area contributed by atoms with Crippen LogP contribution in [0.2, 0.25) is 45.8 Å². The molecular formula is C19H35NO3Si3. The van der Waals surface area contributed by atoms with E-state index in [2.05, 4.69) is 56.8 Å². The quantitative estimate of drug-likeness (QED) is 0.574. The van der Waals surface area contributed by atoms with Crippen molar-refractivity contribution in [2.24, 2.45) is 0 Å². The van der Waals surface area contributed by atoms with Crippen LogP contribution in [-0.2, 0) is 19.4 Å². The molecule has 0 aliphatic rings. The van der Waals surface area contributed by atoms with E-state index in [1.54, 1.807) is 0 Å². The van der Waals surface area contributed by atoms with Crippen molar-refractivity contribution in [3.05, 3.63) is 47.7 Å². The number of benzene rings is 1. The standard InChI is InChI=1S/C19H35NO3Si3/c1-24(2,3)22-26(7,23-25(4,5)6)17-11-16-20-19(21)15-14-18-12-9-8-10-13-18/h8-13,17H,14-16H2,1-7H3,(H,20,21). The molecule has 0 bridgehead atoms. The number of nitrogens with one attached hydrogen (secondary N) is 1. The van der Waals surface area contributed by atoms with Crippen LogP contribution in [0.5, 0.6) is 0 Å². The summed E-state index contributed by atoms with van der Waals surface area (Å²) >= 11 is 0. The summed E-state index contributed by atoms with van der Waals surface area (Å²) < 4.78 is 12.8. The van der Waals surface area contributed by atoms with Crippen molar-refractivity contribution in [3.8, 4) is 0 Å². The Labute approximate surface area is 162 Å². The minimum Gasteiger partial charge on any atom is -0.434 e. The van der Waals surface area contributed by atoms with Crippen molar-refractivity contribution in [1.82, 2.24) is 5.32 Å². The van der Waals surface area contributed by atoms with Crippen molar-refractivity contribution in [2.45, 2.75) is 58.7 Å². The molecule has 4 nitrogen and oxygen atoms in total.